The van der Waals surface area contributed by atoms with E-state index in [4.69, 9.17) is 14.5 Å². The summed E-state index contributed by atoms with van der Waals surface area (Å²) < 4.78 is 11.0. The molecule has 1 saturated heterocycles. The van der Waals surface area contributed by atoms with Gasteiger partial charge in [0.2, 0.25) is 5.95 Å². The number of nitrogens with zero attached hydrogens (tertiary/aromatic N) is 4. The summed E-state index contributed by atoms with van der Waals surface area (Å²) in [5.74, 6) is 0.340. The Kier molecular flexibility index (Phi) is 6.21. The number of esters is 1. The van der Waals surface area contributed by atoms with Crippen LogP contribution in [-0.2, 0) is 27.2 Å². The summed E-state index contributed by atoms with van der Waals surface area (Å²) in [5, 5.41) is 3.21. The van der Waals surface area contributed by atoms with Crippen molar-refractivity contribution in [1.29, 1.82) is 0 Å². The number of anilines is 1. The van der Waals surface area contributed by atoms with E-state index in [0.717, 1.165) is 11.3 Å². The molecule has 2 aliphatic heterocycles. The summed E-state index contributed by atoms with van der Waals surface area (Å²) >= 11 is 0. The molecule has 0 spiro atoms. The van der Waals surface area contributed by atoms with Crippen LogP contribution in [0.4, 0.5) is 10.7 Å². The van der Waals surface area contributed by atoms with Gasteiger partial charge in [-0.1, -0.05) is 0 Å². The van der Waals surface area contributed by atoms with Crippen molar-refractivity contribution in [1.82, 2.24) is 20.2 Å². The van der Waals surface area contributed by atoms with Crippen LogP contribution < -0.4 is 10.2 Å². The fourth-order valence-electron chi connectivity index (χ4n) is 3.40. The maximum atomic E-state index is 12.4. The van der Waals surface area contributed by atoms with Gasteiger partial charge in [0.05, 0.1) is 12.2 Å². The lowest BCUT2D eigenvalue weighted by molar-refractivity contribution is -0.157. The number of piperazine rings is 1. The number of carbonyl (C=O) groups is 2. The molecule has 1 aromatic heterocycles. The highest BCUT2D eigenvalue weighted by Crippen LogP contribution is 2.22. The zero-order valence-corrected chi connectivity index (χ0v) is 18.8. The van der Waals surface area contributed by atoms with Crippen molar-refractivity contribution in [2.45, 2.75) is 71.8 Å². The first-order valence-electron chi connectivity index (χ1n) is 10.5. The first kappa shape index (κ1) is 22.3. The van der Waals surface area contributed by atoms with E-state index in [2.05, 4.69) is 10.3 Å². The fourth-order valence-corrected chi connectivity index (χ4v) is 3.40. The van der Waals surface area contributed by atoms with Crippen LogP contribution in [0.15, 0.2) is 6.20 Å². The van der Waals surface area contributed by atoms with Gasteiger partial charge < -0.3 is 24.6 Å². The number of rotatable bonds is 2. The molecule has 2 aliphatic rings. The van der Waals surface area contributed by atoms with Gasteiger partial charge in [-0.2, -0.15) is 0 Å². The van der Waals surface area contributed by atoms with E-state index in [9.17, 15) is 9.59 Å². The largest absolute Gasteiger partial charge is 0.459 e. The first-order valence-corrected chi connectivity index (χ1v) is 10.5. The first-order chi connectivity index (χ1) is 13.9. The second-order valence-electron chi connectivity index (χ2n) is 9.78. The van der Waals surface area contributed by atoms with Crippen LogP contribution in [-0.4, -0.2) is 70.4 Å². The topological polar surface area (TPSA) is 96.9 Å². The monoisotopic (exact) mass is 419 g/mol. The molecular weight excluding hydrogens is 386 g/mol. The van der Waals surface area contributed by atoms with Crippen molar-refractivity contribution in [3.8, 4) is 0 Å². The van der Waals surface area contributed by atoms with E-state index in [1.807, 2.05) is 46.4 Å². The Morgan fingerprint density at radius 2 is 1.80 bits per heavy atom. The Hall–Kier alpha value is -2.42. The highest BCUT2D eigenvalue weighted by molar-refractivity contribution is 5.77. The Labute approximate surface area is 178 Å². The Morgan fingerprint density at radius 1 is 1.10 bits per heavy atom. The molecule has 9 nitrogen and oxygen atoms in total. The molecule has 3 heterocycles. The van der Waals surface area contributed by atoms with Crippen LogP contribution >= 0.6 is 0 Å². The summed E-state index contributed by atoms with van der Waals surface area (Å²) in [6.45, 7) is 14.0. The average Bonchev–Trinajstić information content (AvgIpc) is 2.64. The molecule has 1 aromatic rings. The molecule has 0 radical (unpaired) electrons. The quantitative estimate of drug-likeness (QED) is 0.726. The third kappa shape index (κ3) is 5.81. The van der Waals surface area contributed by atoms with E-state index < -0.39 is 17.2 Å². The Balaban J connectivity index is 1.66. The van der Waals surface area contributed by atoms with Gasteiger partial charge in [0.15, 0.2) is 0 Å². The molecule has 3 rings (SSSR count). The normalized spacial score (nSPS) is 19.9. The average molecular weight is 420 g/mol. The lowest BCUT2D eigenvalue weighted by Crippen LogP contribution is -2.56. The Bertz CT molecular complexity index is 800. The molecule has 0 bridgehead atoms. The van der Waals surface area contributed by atoms with Crippen molar-refractivity contribution >= 4 is 18.0 Å². The number of hydrogen-bond donors (Lipinski definition) is 1. The third-order valence-electron chi connectivity index (χ3n) is 4.72. The van der Waals surface area contributed by atoms with Gasteiger partial charge >= 0.3 is 12.1 Å². The molecule has 1 fully saturated rings. The summed E-state index contributed by atoms with van der Waals surface area (Å²) in [6, 6.07) is -0.416. The SMILES string of the molecule is CC(C)(C)OC(=O)C1CN(c2ncc3c(n2)CCN(C(=O)OC(C)(C)C)C3)CCN1. The van der Waals surface area contributed by atoms with Gasteiger partial charge in [-0.15, -0.1) is 0 Å². The molecule has 1 amide bonds. The molecule has 30 heavy (non-hydrogen) atoms. The van der Waals surface area contributed by atoms with Crippen molar-refractivity contribution in [3.05, 3.63) is 17.5 Å². The van der Waals surface area contributed by atoms with Crippen molar-refractivity contribution in [2.24, 2.45) is 0 Å². The van der Waals surface area contributed by atoms with Gasteiger partial charge in [0, 0.05) is 44.4 Å². The van der Waals surface area contributed by atoms with Crippen molar-refractivity contribution in [3.63, 3.8) is 0 Å². The standard InChI is InChI=1S/C21H33N5O4/c1-20(2,3)29-17(27)16-13-25(10-8-22-16)18-23-11-14-12-26(9-7-15(14)24-18)19(28)30-21(4,5)6/h11,16,22H,7-10,12-13H2,1-6H3. The van der Waals surface area contributed by atoms with Gasteiger partial charge in [0.25, 0.3) is 0 Å². The lowest BCUT2D eigenvalue weighted by Gasteiger charge is -2.35. The van der Waals surface area contributed by atoms with E-state index in [1.165, 1.54) is 0 Å². The number of nitrogens with one attached hydrogen (secondary N) is 1. The second kappa shape index (κ2) is 8.37. The van der Waals surface area contributed by atoms with Crippen molar-refractivity contribution < 1.29 is 19.1 Å². The minimum Gasteiger partial charge on any atom is -0.459 e. The van der Waals surface area contributed by atoms with Crippen LogP contribution in [0.5, 0.6) is 0 Å². The van der Waals surface area contributed by atoms with Crippen LogP contribution in [0.3, 0.4) is 0 Å². The highest BCUT2D eigenvalue weighted by Gasteiger charge is 2.32. The molecule has 0 aliphatic carbocycles. The molecular formula is C21H33N5O4. The highest BCUT2D eigenvalue weighted by atomic mass is 16.6. The predicted octanol–water partition coefficient (Wildman–Crippen LogP) is 1.89. The molecule has 166 valence electrons. The summed E-state index contributed by atoms with van der Waals surface area (Å²) in [6.07, 6.45) is 2.10. The van der Waals surface area contributed by atoms with E-state index >= 15 is 0 Å². The number of fused-ring (bicyclic) bond motifs is 1. The van der Waals surface area contributed by atoms with Gasteiger partial charge in [-0.05, 0) is 41.5 Å². The summed E-state index contributed by atoms with van der Waals surface area (Å²) in [7, 11) is 0. The van der Waals surface area contributed by atoms with Crippen LogP contribution in [0.1, 0.15) is 52.8 Å². The van der Waals surface area contributed by atoms with E-state index in [-0.39, 0.29) is 12.1 Å². The predicted molar refractivity (Wildman–Crippen MR) is 112 cm³/mol. The number of carbonyl (C=O) groups excluding carboxylic acids is 2. The number of ether oxygens (including phenoxy) is 2. The smallest absolute Gasteiger partial charge is 0.410 e. The third-order valence-corrected chi connectivity index (χ3v) is 4.72. The fraction of sp³-hybridized carbons (Fsp3) is 0.714. The Morgan fingerprint density at radius 3 is 2.47 bits per heavy atom. The minimum absolute atomic E-state index is 0.266. The zero-order chi connectivity index (χ0) is 22.1. The van der Waals surface area contributed by atoms with E-state index in [1.54, 1.807) is 11.1 Å². The second-order valence-corrected chi connectivity index (χ2v) is 9.78. The maximum Gasteiger partial charge on any atom is 0.410 e. The molecule has 0 aromatic carbocycles. The maximum absolute atomic E-state index is 12.4. The van der Waals surface area contributed by atoms with Gasteiger partial charge in [0.1, 0.15) is 17.2 Å². The van der Waals surface area contributed by atoms with Crippen molar-refractivity contribution in [2.75, 3.05) is 31.1 Å². The molecule has 9 heteroatoms. The van der Waals surface area contributed by atoms with E-state index in [0.29, 0.717) is 45.1 Å². The molecule has 0 saturated carbocycles. The van der Waals surface area contributed by atoms with Gasteiger partial charge in [-0.25, -0.2) is 14.8 Å². The number of amides is 1. The molecule has 1 N–H and O–H groups in total. The lowest BCUT2D eigenvalue weighted by atomic mass is 10.1. The summed E-state index contributed by atoms with van der Waals surface area (Å²) in [4.78, 5) is 37.7. The number of hydrogen-bond acceptors (Lipinski definition) is 8. The molecule has 1 atom stereocenters. The van der Waals surface area contributed by atoms with Gasteiger partial charge in [-0.3, -0.25) is 4.79 Å². The molecule has 1 unspecified atom stereocenters. The van der Waals surface area contributed by atoms with Crippen LogP contribution in [0, 0.1) is 0 Å². The zero-order valence-electron chi connectivity index (χ0n) is 18.8. The number of aromatic nitrogens is 2. The van der Waals surface area contributed by atoms with Crippen LogP contribution in [0.25, 0.3) is 0 Å². The summed E-state index contributed by atoms with van der Waals surface area (Å²) in [5.41, 5.74) is 0.815. The van der Waals surface area contributed by atoms with Crippen LogP contribution in [0.2, 0.25) is 0 Å². The minimum atomic E-state index is -0.524.